The molecule has 0 aromatic heterocycles. The molecule has 1 aromatic rings. The lowest BCUT2D eigenvalue weighted by Crippen LogP contribution is -2.66. The number of carbonyl (C=O) groups is 3. The predicted molar refractivity (Wildman–Crippen MR) is 122 cm³/mol. The van der Waals surface area contributed by atoms with Crippen molar-refractivity contribution in [1.29, 1.82) is 0 Å². The number of fused-ring (bicyclic) bond motifs is 3. The topological polar surface area (TPSA) is 170 Å². The molecule has 9 nitrogen and oxygen atoms in total. The number of phenolic OH excluding ortho intramolecular Hbond substituents is 1. The molecule has 9 heteroatoms. The first-order chi connectivity index (χ1) is 16.0. The van der Waals surface area contributed by atoms with Gasteiger partial charge in [0.15, 0.2) is 11.4 Å². The molecule has 6 atom stereocenters. The first-order valence-corrected chi connectivity index (χ1v) is 11.8. The second kappa shape index (κ2) is 8.79. The molecule has 1 amide bonds. The van der Waals surface area contributed by atoms with Crippen LogP contribution in [0.15, 0.2) is 17.7 Å². The van der Waals surface area contributed by atoms with Crippen LogP contribution in [-0.2, 0) is 27.3 Å². The fourth-order valence-electron chi connectivity index (χ4n) is 5.75. The molecule has 1 aromatic carbocycles. The number of rotatable bonds is 6. The molecule has 34 heavy (non-hydrogen) atoms. The summed E-state index contributed by atoms with van der Waals surface area (Å²) in [5, 5.41) is 46.6. The van der Waals surface area contributed by atoms with Gasteiger partial charge in [0, 0.05) is 18.0 Å². The predicted octanol–water partition coefficient (Wildman–Crippen LogP) is 0.725. The average Bonchev–Trinajstić information content (AvgIpc) is 2.77. The fourth-order valence-corrected chi connectivity index (χ4v) is 5.75. The van der Waals surface area contributed by atoms with E-state index in [9.17, 15) is 34.8 Å². The second-order valence-corrected chi connectivity index (χ2v) is 9.98. The van der Waals surface area contributed by atoms with E-state index in [1.807, 2.05) is 0 Å². The van der Waals surface area contributed by atoms with Gasteiger partial charge in [-0.1, -0.05) is 26.3 Å². The van der Waals surface area contributed by atoms with Crippen LogP contribution in [0.2, 0.25) is 0 Å². The lowest BCUT2D eigenvalue weighted by atomic mass is 9.56. The second-order valence-electron chi connectivity index (χ2n) is 9.98. The number of aliphatic hydroxyl groups excluding tert-OH is 2. The van der Waals surface area contributed by atoms with Crippen molar-refractivity contribution >= 4 is 23.2 Å². The molecule has 0 bridgehead atoms. The highest BCUT2D eigenvalue weighted by molar-refractivity contribution is 6.24. The Balaban J connectivity index is 1.74. The van der Waals surface area contributed by atoms with Gasteiger partial charge in [0.05, 0.1) is 11.7 Å². The molecule has 4 rings (SSSR count). The van der Waals surface area contributed by atoms with Crippen molar-refractivity contribution in [2.24, 2.45) is 29.4 Å². The molecule has 3 unspecified atom stereocenters. The zero-order valence-corrected chi connectivity index (χ0v) is 19.4. The van der Waals surface area contributed by atoms with Crippen LogP contribution in [0.25, 0.3) is 5.76 Å². The Kier molecular flexibility index (Phi) is 6.30. The zero-order chi connectivity index (χ0) is 24.9. The number of hydrogen-bond acceptors (Lipinski definition) is 8. The highest BCUT2D eigenvalue weighted by Crippen LogP contribution is 2.51. The lowest BCUT2D eigenvalue weighted by molar-refractivity contribution is -0.174. The van der Waals surface area contributed by atoms with Crippen molar-refractivity contribution in [2.75, 3.05) is 6.54 Å². The van der Waals surface area contributed by atoms with E-state index in [1.165, 1.54) is 6.07 Å². The maximum absolute atomic E-state index is 13.5. The summed E-state index contributed by atoms with van der Waals surface area (Å²) in [6.07, 6.45) is -0.00999. The lowest BCUT2D eigenvalue weighted by Gasteiger charge is -2.48. The third kappa shape index (κ3) is 3.62. The van der Waals surface area contributed by atoms with E-state index in [4.69, 9.17) is 5.73 Å². The van der Waals surface area contributed by atoms with Gasteiger partial charge in [-0.25, -0.2) is 0 Å². The number of carbonyl (C=O) groups excluding carboxylic acids is 3. The number of primary amides is 1. The maximum atomic E-state index is 13.5. The minimum Gasteiger partial charge on any atom is -0.507 e. The summed E-state index contributed by atoms with van der Waals surface area (Å²) in [5.41, 5.74) is 4.29. The summed E-state index contributed by atoms with van der Waals surface area (Å²) in [6, 6.07) is 3.23. The molecule has 0 aliphatic heterocycles. The third-order valence-electron chi connectivity index (χ3n) is 7.87. The Hall–Kier alpha value is -2.75. The Morgan fingerprint density at radius 1 is 1.26 bits per heavy atom. The fraction of sp³-hybridized carbons (Fsp3) is 0.560. The minimum absolute atomic E-state index is 0.124. The van der Waals surface area contributed by atoms with Gasteiger partial charge in [-0.15, -0.1) is 0 Å². The highest BCUT2D eigenvalue weighted by Gasteiger charge is 2.63. The van der Waals surface area contributed by atoms with Crippen LogP contribution in [0.4, 0.5) is 0 Å². The number of aliphatic hydroxyl groups is 3. The monoisotopic (exact) mass is 472 g/mol. The van der Waals surface area contributed by atoms with Crippen molar-refractivity contribution in [3.63, 3.8) is 0 Å². The standard InChI is InChI=1S/C25H32N2O7/c1-3-11(2)9-27-10-12-4-5-16(28)19-15(12)7-13-6-14-8-17(29)20(24(26)33)23(32)25(14,34)22(31)18(13)21(19)30/h4-5,11,13-14,17,20,27-30,34H,3,6-10H2,1-2H3,(H2,26,33)/t11?,13-,14+,17?,20?,25+/m1/s1. The molecule has 0 saturated heterocycles. The van der Waals surface area contributed by atoms with Crippen molar-refractivity contribution < 1.29 is 34.8 Å². The van der Waals surface area contributed by atoms with E-state index >= 15 is 0 Å². The first kappa shape index (κ1) is 24.4. The van der Waals surface area contributed by atoms with E-state index in [0.717, 1.165) is 18.5 Å². The molecule has 3 aliphatic carbocycles. The molecule has 2 fully saturated rings. The van der Waals surface area contributed by atoms with Gasteiger partial charge in [-0.3, -0.25) is 14.4 Å². The van der Waals surface area contributed by atoms with E-state index in [1.54, 1.807) is 6.07 Å². The number of Topliss-reactive ketones (excluding diaryl/α,β-unsaturated/α-hetero) is 2. The summed E-state index contributed by atoms with van der Waals surface area (Å²) < 4.78 is 0. The van der Waals surface area contributed by atoms with Crippen LogP contribution in [0.3, 0.4) is 0 Å². The van der Waals surface area contributed by atoms with Crippen LogP contribution in [0.5, 0.6) is 5.75 Å². The van der Waals surface area contributed by atoms with Crippen LogP contribution >= 0.6 is 0 Å². The molecule has 3 aliphatic rings. The third-order valence-corrected chi connectivity index (χ3v) is 7.87. The van der Waals surface area contributed by atoms with E-state index in [0.29, 0.717) is 24.4 Å². The van der Waals surface area contributed by atoms with E-state index in [2.05, 4.69) is 19.2 Å². The SMILES string of the molecule is CCC(C)CNCc1ccc(O)c2c1C[C@H]1C[C@H]3CC(O)C(C(N)=O)C(=O)[C@@]3(O)C(=O)C1=C2O. The van der Waals surface area contributed by atoms with Gasteiger partial charge in [0.25, 0.3) is 0 Å². The van der Waals surface area contributed by atoms with Crippen molar-refractivity contribution in [3.8, 4) is 5.75 Å². The average molecular weight is 473 g/mol. The van der Waals surface area contributed by atoms with Crippen LogP contribution in [-0.4, -0.2) is 56.1 Å². The number of nitrogens with two attached hydrogens (primary N) is 1. The molecule has 2 saturated carbocycles. The molecule has 0 spiro atoms. The van der Waals surface area contributed by atoms with E-state index < -0.39 is 52.7 Å². The Bertz CT molecular complexity index is 1080. The van der Waals surface area contributed by atoms with E-state index in [-0.39, 0.29) is 29.7 Å². The van der Waals surface area contributed by atoms with Crippen molar-refractivity contribution in [2.45, 2.75) is 57.8 Å². The summed E-state index contributed by atoms with van der Waals surface area (Å²) in [4.78, 5) is 38.2. The number of benzene rings is 1. The van der Waals surface area contributed by atoms with Gasteiger partial charge < -0.3 is 31.5 Å². The molecule has 7 N–H and O–H groups in total. The maximum Gasteiger partial charge on any atom is 0.230 e. The van der Waals surface area contributed by atoms with Gasteiger partial charge in [-0.05, 0) is 54.8 Å². The number of ketones is 2. The molecular weight excluding hydrogens is 440 g/mol. The van der Waals surface area contributed by atoms with Gasteiger partial charge in [-0.2, -0.15) is 0 Å². The van der Waals surface area contributed by atoms with Gasteiger partial charge in [0.1, 0.15) is 17.4 Å². The van der Waals surface area contributed by atoms with Gasteiger partial charge in [0.2, 0.25) is 11.7 Å². The number of nitrogens with one attached hydrogen (secondary N) is 1. The van der Waals surface area contributed by atoms with Crippen LogP contribution in [0, 0.1) is 23.7 Å². The zero-order valence-electron chi connectivity index (χ0n) is 19.4. The molecule has 0 radical (unpaired) electrons. The van der Waals surface area contributed by atoms with Crippen molar-refractivity contribution in [1.82, 2.24) is 5.32 Å². The summed E-state index contributed by atoms with van der Waals surface area (Å²) >= 11 is 0. The number of phenols is 1. The minimum atomic E-state index is -2.55. The Morgan fingerprint density at radius 3 is 2.62 bits per heavy atom. The van der Waals surface area contributed by atoms with Gasteiger partial charge >= 0.3 is 0 Å². The Morgan fingerprint density at radius 2 is 1.97 bits per heavy atom. The first-order valence-electron chi connectivity index (χ1n) is 11.8. The highest BCUT2D eigenvalue weighted by atomic mass is 16.3. The largest absolute Gasteiger partial charge is 0.507 e. The normalized spacial score (nSPS) is 31.5. The molecule has 184 valence electrons. The molecule has 0 heterocycles. The molecular formula is C25H32N2O7. The summed E-state index contributed by atoms with van der Waals surface area (Å²) in [5.74, 6) is -6.52. The van der Waals surface area contributed by atoms with Crippen molar-refractivity contribution in [3.05, 3.63) is 34.4 Å². The summed E-state index contributed by atoms with van der Waals surface area (Å²) in [6.45, 7) is 5.56. The smallest absolute Gasteiger partial charge is 0.230 e. The number of aromatic hydroxyl groups is 1. The van der Waals surface area contributed by atoms with Crippen LogP contribution < -0.4 is 11.1 Å². The van der Waals surface area contributed by atoms with Crippen LogP contribution in [0.1, 0.15) is 49.8 Å². The number of hydrogen-bond donors (Lipinski definition) is 6. The number of amides is 1. The summed E-state index contributed by atoms with van der Waals surface area (Å²) in [7, 11) is 0. The quantitative estimate of drug-likeness (QED) is 0.329. The Labute approximate surface area is 197 Å².